The van der Waals surface area contributed by atoms with Crippen LogP contribution < -0.4 is 13.3 Å². The summed E-state index contributed by atoms with van der Waals surface area (Å²) in [4.78, 5) is 17.4. The summed E-state index contributed by atoms with van der Waals surface area (Å²) in [5, 5.41) is 1.37. The maximum atomic E-state index is 11.8. The monoisotopic (exact) mass is 417 g/mol. The second kappa shape index (κ2) is 6.21. The first kappa shape index (κ1) is 18.6. The van der Waals surface area contributed by atoms with Crippen molar-refractivity contribution in [2.24, 2.45) is 0 Å². The van der Waals surface area contributed by atoms with Crippen molar-refractivity contribution in [3.05, 3.63) is 23.6 Å². The highest BCUT2D eigenvalue weighted by Gasteiger charge is 2.30. The predicted molar refractivity (Wildman–Crippen MR) is 98.6 cm³/mol. The molecule has 12 heteroatoms. The van der Waals surface area contributed by atoms with Crippen molar-refractivity contribution in [3.8, 4) is 17.0 Å². The van der Waals surface area contributed by atoms with E-state index < -0.39 is 20.0 Å². The number of amides is 1. The topological polar surface area (TPSA) is 114 Å². The lowest BCUT2D eigenvalue weighted by Crippen LogP contribution is -2.35. The van der Waals surface area contributed by atoms with Gasteiger partial charge in [0.15, 0.2) is 6.61 Å². The zero-order valence-corrected chi connectivity index (χ0v) is 16.5. The van der Waals surface area contributed by atoms with Crippen LogP contribution in [0.25, 0.3) is 11.3 Å². The Morgan fingerprint density at radius 1 is 1.19 bits per heavy atom. The van der Waals surface area contributed by atoms with E-state index in [1.54, 1.807) is 30.6 Å². The average Bonchev–Trinajstić information content (AvgIpc) is 2.97. The van der Waals surface area contributed by atoms with Crippen LogP contribution in [0.4, 0.5) is 10.8 Å². The molecule has 0 unspecified atom stereocenters. The second-order valence-electron chi connectivity index (χ2n) is 5.66. The van der Waals surface area contributed by atoms with Crippen LogP contribution in [-0.2, 0) is 24.8 Å². The smallest absolute Gasteiger partial charge is 0.264 e. The molecule has 0 atom stereocenters. The molecule has 0 spiro atoms. The zero-order valence-electron chi connectivity index (χ0n) is 14.0. The number of hydrogen-bond donors (Lipinski definition) is 0. The van der Waals surface area contributed by atoms with E-state index in [1.165, 1.54) is 4.90 Å². The van der Waals surface area contributed by atoms with E-state index in [-0.39, 0.29) is 17.6 Å². The van der Waals surface area contributed by atoms with Crippen LogP contribution in [0.15, 0.2) is 23.6 Å². The number of ether oxygens (including phenoxy) is 1. The molecule has 1 aliphatic rings. The summed E-state index contributed by atoms with van der Waals surface area (Å²) in [7, 11) is -6.49. The van der Waals surface area contributed by atoms with Crippen LogP contribution in [0.3, 0.4) is 0 Å². The fourth-order valence-electron chi connectivity index (χ4n) is 2.44. The summed E-state index contributed by atoms with van der Waals surface area (Å²) in [6.07, 6.45) is 1.60. The molecule has 1 aromatic carbocycles. The molecule has 0 saturated carbocycles. The van der Waals surface area contributed by atoms with Crippen LogP contribution in [-0.4, -0.2) is 53.9 Å². The fraction of sp³-hybridized carbons (Fsp3) is 0.286. The van der Waals surface area contributed by atoms with E-state index in [2.05, 4.69) is 4.98 Å². The van der Waals surface area contributed by atoms with Gasteiger partial charge < -0.3 is 9.64 Å². The zero-order chi connectivity index (χ0) is 19.3. The molecular weight excluding hydrogens is 402 g/mol. The third kappa shape index (κ3) is 3.39. The number of carbonyl (C=O) groups excluding carboxylic acids is 1. The summed E-state index contributed by atoms with van der Waals surface area (Å²) in [5.41, 5.74) is 1.53. The first-order valence-electron chi connectivity index (χ1n) is 7.18. The first-order chi connectivity index (χ1) is 12.0. The minimum Gasteiger partial charge on any atom is -0.482 e. The lowest BCUT2D eigenvalue weighted by atomic mass is 10.1. The second-order valence-corrected chi connectivity index (χ2v) is 10.4. The molecule has 1 amide bonds. The van der Waals surface area contributed by atoms with Gasteiger partial charge in [-0.25, -0.2) is 21.8 Å². The standard InChI is InChI=1S/C14H15N3O6S3/c1-16-11-6-9(4-5-12(11)23-7-13(16)18)10-8-24-14(15-10)17(25(2,19)20)26(3,21)22/h4-6,8H,7H2,1-3H3. The number of benzene rings is 1. The third-order valence-electron chi connectivity index (χ3n) is 3.59. The lowest BCUT2D eigenvalue weighted by Gasteiger charge is -2.26. The van der Waals surface area contributed by atoms with Crippen LogP contribution in [0.5, 0.6) is 5.75 Å². The number of rotatable bonds is 4. The van der Waals surface area contributed by atoms with Crippen molar-refractivity contribution in [1.82, 2.24) is 4.98 Å². The average molecular weight is 417 g/mol. The molecular formula is C14H15N3O6S3. The van der Waals surface area contributed by atoms with E-state index in [0.29, 0.717) is 26.4 Å². The molecule has 140 valence electrons. The molecule has 26 heavy (non-hydrogen) atoms. The maximum Gasteiger partial charge on any atom is 0.264 e. The molecule has 3 rings (SSSR count). The van der Waals surface area contributed by atoms with Gasteiger partial charge in [0.1, 0.15) is 5.75 Å². The van der Waals surface area contributed by atoms with Crippen LogP contribution in [0.2, 0.25) is 0 Å². The van der Waals surface area contributed by atoms with Gasteiger partial charge in [-0.1, -0.05) is 0 Å². The van der Waals surface area contributed by atoms with Gasteiger partial charge in [-0.15, -0.1) is 15.0 Å². The van der Waals surface area contributed by atoms with Gasteiger partial charge in [0.2, 0.25) is 25.2 Å². The predicted octanol–water partition coefficient (Wildman–Crippen LogP) is 0.891. The molecule has 2 heterocycles. The SMILES string of the molecule is CN1C(=O)COc2ccc(-c3csc(N(S(C)(=O)=O)S(C)(=O)=O)n3)cc21. The largest absolute Gasteiger partial charge is 0.482 e. The maximum absolute atomic E-state index is 11.8. The molecule has 0 radical (unpaired) electrons. The van der Waals surface area contributed by atoms with E-state index in [4.69, 9.17) is 4.74 Å². The van der Waals surface area contributed by atoms with Crippen molar-refractivity contribution < 1.29 is 26.4 Å². The Morgan fingerprint density at radius 3 is 2.46 bits per heavy atom. The molecule has 0 saturated heterocycles. The third-order valence-corrected chi connectivity index (χ3v) is 7.82. The van der Waals surface area contributed by atoms with Crippen LogP contribution in [0.1, 0.15) is 0 Å². The summed E-state index contributed by atoms with van der Waals surface area (Å²) in [6, 6.07) is 5.06. The number of nitrogens with zero attached hydrogens (tertiary/aromatic N) is 3. The minimum absolute atomic E-state index is 0.0403. The Bertz CT molecular complexity index is 1060. The summed E-state index contributed by atoms with van der Waals surface area (Å²) < 4.78 is 53.0. The van der Waals surface area contributed by atoms with Crippen molar-refractivity contribution >= 4 is 48.1 Å². The highest BCUT2D eigenvalue weighted by atomic mass is 32.3. The molecule has 2 aromatic rings. The fourth-order valence-corrected chi connectivity index (χ4v) is 6.77. The number of aromatic nitrogens is 1. The van der Waals surface area contributed by atoms with Gasteiger partial charge in [-0.05, 0) is 18.2 Å². The molecule has 1 aromatic heterocycles. The van der Waals surface area contributed by atoms with Gasteiger partial charge >= 0.3 is 0 Å². The number of fused-ring (bicyclic) bond motifs is 1. The molecule has 0 fully saturated rings. The molecule has 0 N–H and O–H groups in total. The Labute approximate surface area is 154 Å². The van der Waals surface area contributed by atoms with Crippen LogP contribution in [0, 0.1) is 0 Å². The number of thiazole rings is 1. The quantitative estimate of drug-likeness (QED) is 0.726. The first-order valence-corrected chi connectivity index (χ1v) is 11.8. The summed E-state index contributed by atoms with van der Waals surface area (Å²) in [6.45, 7) is -0.0403. The normalized spacial score (nSPS) is 14.7. The van der Waals surface area contributed by atoms with Gasteiger partial charge in [0.05, 0.1) is 23.9 Å². The van der Waals surface area contributed by atoms with E-state index in [9.17, 15) is 21.6 Å². The summed E-state index contributed by atoms with van der Waals surface area (Å²) in [5.74, 6) is 0.342. The van der Waals surface area contributed by atoms with Gasteiger partial charge in [-0.2, -0.15) is 0 Å². The molecule has 0 aliphatic carbocycles. The van der Waals surface area contributed by atoms with Gasteiger partial charge in [0, 0.05) is 18.0 Å². The number of carbonyl (C=O) groups is 1. The molecule has 9 nitrogen and oxygen atoms in total. The Morgan fingerprint density at radius 2 is 1.85 bits per heavy atom. The van der Waals surface area contributed by atoms with Gasteiger partial charge in [-0.3, -0.25) is 4.79 Å². The lowest BCUT2D eigenvalue weighted by molar-refractivity contribution is -0.120. The number of hydrogen-bond acceptors (Lipinski definition) is 8. The Balaban J connectivity index is 2.05. The highest BCUT2D eigenvalue weighted by molar-refractivity contribution is 8.09. The Kier molecular flexibility index (Phi) is 4.45. The van der Waals surface area contributed by atoms with Crippen LogP contribution >= 0.6 is 11.3 Å². The Hall–Kier alpha value is -2.18. The summed E-state index contributed by atoms with van der Waals surface area (Å²) >= 11 is 0.890. The van der Waals surface area contributed by atoms with Crippen molar-refractivity contribution in [3.63, 3.8) is 0 Å². The number of likely N-dealkylation sites (N-methyl/N-ethyl adjacent to an activating group) is 1. The highest BCUT2D eigenvalue weighted by Crippen LogP contribution is 2.37. The van der Waals surface area contributed by atoms with E-state index >= 15 is 0 Å². The van der Waals surface area contributed by atoms with E-state index in [1.807, 2.05) is 0 Å². The van der Waals surface area contributed by atoms with Crippen molar-refractivity contribution in [2.45, 2.75) is 0 Å². The van der Waals surface area contributed by atoms with Crippen molar-refractivity contribution in [2.75, 3.05) is 34.8 Å². The molecule has 1 aliphatic heterocycles. The van der Waals surface area contributed by atoms with Gasteiger partial charge in [0.25, 0.3) is 5.91 Å². The molecule has 0 bridgehead atoms. The minimum atomic E-state index is -4.05. The number of anilines is 2. The van der Waals surface area contributed by atoms with Crippen molar-refractivity contribution in [1.29, 1.82) is 0 Å². The van der Waals surface area contributed by atoms with E-state index in [0.717, 1.165) is 23.8 Å². The number of sulfonamides is 2.